The van der Waals surface area contributed by atoms with Crippen LogP contribution in [0.4, 0.5) is 0 Å². The van der Waals surface area contributed by atoms with Gasteiger partial charge in [-0.2, -0.15) is 0 Å². The molecule has 2 aromatic carbocycles. The second-order valence-corrected chi connectivity index (χ2v) is 4.51. The monoisotopic (exact) mass is 280 g/mol. The van der Waals surface area contributed by atoms with Crippen LogP contribution in [0.25, 0.3) is 0 Å². The minimum absolute atomic E-state index is 0.222. The van der Waals surface area contributed by atoms with Crippen LogP contribution in [-0.4, -0.2) is 17.9 Å². The van der Waals surface area contributed by atoms with Crippen LogP contribution in [0.2, 0.25) is 0 Å². The van der Waals surface area contributed by atoms with Crippen LogP contribution < -0.4 is 0 Å². The molecule has 0 amide bonds. The number of carbonyl (C=O) groups excluding carboxylic acids is 2. The molecule has 0 aromatic heterocycles. The minimum Gasteiger partial charge on any atom is -0.450 e. The zero-order valence-electron chi connectivity index (χ0n) is 11.6. The third-order valence-electron chi connectivity index (χ3n) is 2.99. The fraction of sp³-hybridized carbons (Fsp3) is 0.111. The molecule has 0 aliphatic carbocycles. The summed E-state index contributed by atoms with van der Waals surface area (Å²) in [7, 11) is 0. The van der Waals surface area contributed by atoms with E-state index in [1.165, 1.54) is 0 Å². The maximum atomic E-state index is 12.4. The molecule has 3 nitrogen and oxygen atoms in total. The van der Waals surface area contributed by atoms with E-state index in [-0.39, 0.29) is 12.2 Å². The standard InChI is InChI=1S/C18H16O3/c1-2-9-16(17(19)14-10-5-3-6-11-14)21-18(20)15-12-7-4-8-13-15/h2-8,10-13,16H,1,9H2/t16-/m0/s1. The normalized spacial score (nSPS) is 11.4. The van der Waals surface area contributed by atoms with Gasteiger partial charge in [-0.3, -0.25) is 4.79 Å². The first-order valence-corrected chi connectivity index (χ1v) is 6.68. The fourth-order valence-corrected chi connectivity index (χ4v) is 1.92. The summed E-state index contributed by atoms with van der Waals surface area (Å²) in [5.41, 5.74) is 0.942. The predicted octanol–water partition coefficient (Wildman–Crippen LogP) is 3.67. The second kappa shape index (κ2) is 7.20. The van der Waals surface area contributed by atoms with E-state index in [1.807, 2.05) is 12.1 Å². The zero-order valence-corrected chi connectivity index (χ0v) is 11.6. The van der Waals surface area contributed by atoms with Crippen molar-refractivity contribution in [3.05, 3.63) is 84.4 Å². The van der Waals surface area contributed by atoms with Crippen LogP contribution in [0.1, 0.15) is 27.1 Å². The molecule has 1 atom stereocenters. The molecule has 0 heterocycles. The first-order chi connectivity index (χ1) is 10.2. The third kappa shape index (κ3) is 3.89. The summed E-state index contributed by atoms with van der Waals surface area (Å²) in [6.07, 6.45) is 1.01. The molecular weight excluding hydrogens is 264 g/mol. The Morgan fingerprint density at radius 2 is 1.48 bits per heavy atom. The summed E-state index contributed by atoms with van der Waals surface area (Å²) in [6.45, 7) is 3.61. The highest BCUT2D eigenvalue weighted by molar-refractivity contribution is 6.01. The van der Waals surface area contributed by atoms with Gasteiger partial charge in [-0.15, -0.1) is 6.58 Å². The van der Waals surface area contributed by atoms with Crippen LogP contribution in [0.5, 0.6) is 0 Å². The molecule has 0 saturated heterocycles. The van der Waals surface area contributed by atoms with Gasteiger partial charge in [0.1, 0.15) is 0 Å². The van der Waals surface area contributed by atoms with Gasteiger partial charge in [0.15, 0.2) is 6.10 Å². The van der Waals surface area contributed by atoms with Gasteiger partial charge in [-0.05, 0) is 12.1 Å². The Hall–Kier alpha value is -2.68. The van der Waals surface area contributed by atoms with Gasteiger partial charge in [0.2, 0.25) is 5.78 Å². The van der Waals surface area contributed by atoms with Crippen molar-refractivity contribution >= 4 is 11.8 Å². The molecule has 106 valence electrons. The molecule has 2 aromatic rings. The Bertz CT molecular complexity index is 617. The molecule has 0 aliphatic heterocycles. The average Bonchev–Trinajstić information content (AvgIpc) is 2.55. The minimum atomic E-state index is -0.849. The Balaban J connectivity index is 2.14. The zero-order chi connectivity index (χ0) is 15.1. The first kappa shape index (κ1) is 14.7. The number of hydrogen-bond acceptors (Lipinski definition) is 3. The Morgan fingerprint density at radius 3 is 2.00 bits per heavy atom. The lowest BCUT2D eigenvalue weighted by molar-refractivity contribution is 0.0290. The van der Waals surface area contributed by atoms with Crippen molar-refractivity contribution in [3.8, 4) is 0 Å². The molecule has 0 N–H and O–H groups in total. The number of ketones is 1. The van der Waals surface area contributed by atoms with Crippen molar-refractivity contribution in [1.82, 2.24) is 0 Å². The van der Waals surface area contributed by atoms with E-state index in [9.17, 15) is 9.59 Å². The van der Waals surface area contributed by atoms with Crippen molar-refractivity contribution in [1.29, 1.82) is 0 Å². The van der Waals surface area contributed by atoms with E-state index in [0.29, 0.717) is 11.1 Å². The Kier molecular flexibility index (Phi) is 5.04. The molecule has 3 heteroatoms. The van der Waals surface area contributed by atoms with Crippen LogP contribution in [0.15, 0.2) is 73.3 Å². The van der Waals surface area contributed by atoms with Crippen LogP contribution >= 0.6 is 0 Å². The lowest BCUT2D eigenvalue weighted by Crippen LogP contribution is -2.27. The smallest absolute Gasteiger partial charge is 0.338 e. The van der Waals surface area contributed by atoms with Crippen molar-refractivity contribution in [2.45, 2.75) is 12.5 Å². The van der Waals surface area contributed by atoms with Crippen LogP contribution in [-0.2, 0) is 4.74 Å². The molecule has 0 radical (unpaired) electrons. The summed E-state index contributed by atoms with van der Waals surface area (Å²) in [6, 6.07) is 17.4. The van der Waals surface area contributed by atoms with Crippen molar-refractivity contribution in [3.63, 3.8) is 0 Å². The fourth-order valence-electron chi connectivity index (χ4n) is 1.92. The molecule has 0 aliphatic rings. The number of benzene rings is 2. The van der Waals surface area contributed by atoms with Crippen molar-refractivity contribution in [2.75, 3.05) is 0 Å². The number of hydrogen-bond donors (Lipinski definition) is 0. The predicted molar refractivity (Wildman–Crippen MR) is 81.2 cm³/mol. The number of rotatable bonds is 6. The Labute approximate surface area is 123 Å². The largest absolute Gasteiger partial charge is 0.450 e. The maximum absolute atomic E-state index is 12.4. The van der Waals surface area contributed by atoms with E-state index in [2.05, 4.69) is 6.58 Å². The first-order valence-electron chi connectivity index (χ1n) is 6.68. The molecule has 0 bridgehead atoms. The van der Waals surface area contributed by atoms with Crippen LogP contribution in [0, 0.1) is 0 Å². The second-order valence-electron chi connectivity index (χ2n) is 4.51. The van der Waals surface area contributed by atoms with E-state index in [4.69, 9.17) is 4.74 Å². The number of ether oxygens (including phenoxy) is 1. The van der Waals surface area contributed by atoms with Gasteiger partial charge in [-0.1, -0.05) is 54.6 Å². The molecule has 21 heavy (non-hydrogen) atoms. The van der Waals surface area contributed by atoms with Gasteiger partial charge >= 0.3 is 5.97 Å². The van der Waals surface area contributed by atoms with Crippen molar-refractivity contribution in [2.24, 2.45) is 0 Å². The van der Waals surface area contributed by atoms with Gasteiger partial charge in [0, 0.05) is 12.0 Å². The SMILES string of the molecule is C=CC[C@H](OC(=O)c1ccccc1)C(=O)c1ccccc1. The summed E-state index contributed by atoms with van der Waals surface area (Å²) < 4.78 is 5.33. The highest BCUT2D eigenvalue weighted by atomic mass is 16.5. The van der Waals surface area contributed by atoms with Gasteiger partial charge in [-0.25, -0.2) is 4.79 Å². The molecule has 2 rings (SSSR count). The number of esters is 1. The van der Waals surface area contributed by atoms with Crippen molar-refractivity contribution < 1.29 is 14.3 Å². The third-order valence-corrected chi connectivity index (χ3v) is 2.99. The summed E-state index contributed by atoms with van der Waals surface area (Å²) in [4.78, 5) is 24.4. The number of Topliss-reactive ketones (excluding diaryl/α,β-unsaturated/α-hetero) is 1. The topological polar surface area (TPSA) is 43.4 Å². The molecular formula is C18H16O3. The van der Waals surface area contributed by atoms with E-state index < -0.39 is 12.1 Å². The lowest BCUT2D eigenvalue weighted by atomic mass is 10.0. The van der Waals surface area contributed by atoms with Gasteiger partial charge in [0.05, 0.1) is 5.56 Å². The summed E-state index contributed by atoms with van der Waals surface area (Å²) in [5, 5.41) is 0. The number of carbonyl (C=O) groups is 2. The molecule has 0 unspecified atom stereocenters. The Morgan fingerprint density at radius 1 is 0.952 bits per heavy atom. The molecule has 0 fully saturated rings. The summed E-state index contributed by atoms with van der Waals surface area (Å²) >= 11 is 0. The quantitative estimate of drug-likeness (QED) is 0.460. The summed E-state index contributed by atoms with van der Waals surface area (Å²) in [5.74, 6) is -0.730. The highest BCUT2D eigenvalue weighted by Gasteiger charge is 2.23. The van der Waals surface area contributed by atoms with Crippen LogP contribution in [0.3, 0.4) is 0 Å². The van der Waals surface area contributed by atoms with E-state index >= 15 is 0 Å². The van der Waals surface area contributed by atoms with E-state index in [1.54, 1.807) is 54.6 Å². The highest BCUT2D eigenvalue weighted by Crippen LogP contribution is 2.13. The molecule has 0 saturated carbocycles. The van der Waals surface area contributed by atoms with Gasteiger partial charge < -0.3 is 4.74 Å². The maximum Gasteiger partial charge on any atom is 0.338 e. The average molecular weight is 280 g/mol. The molecule has 0 spiro atoms. The van der Waals surface area contributed by atoms with Gasteiger partial charge in [0.25, 0.3) is 0 Å². The lowest BCUT2D eigenvalue weighted by Gasteiger charge is -2.15. The van der Waals surface area contributed by atoms with E-state index in [0.717, 1.165) is 0 Å².